The number of hydrogen-bond donors (Lipinski definition) is 1. The maximum Gasteiger partial charge on any atom is 0.433 e. The van der Waals surface area contributed by atoms with E-state index in [2.05, 4.69) is 22.4 Å². The van der Waals surface area contributed by atoms with Crippen LogP contribution in [0.4, 0.5) is 5.88 Å². The van der Waals surface area contributed by atoms with E-state index in [0.717, 1.165) is 30.9 Å². The number of nitro groups is 1. The summed E-state index contributed by atoms with van der Waals surface area (Å²) in [5, 5.41) is 23.3. The van der Waals surface area contributed by atoms with Gasteiger partial charge in [0.1, 0.15) is 9.93 Å². The first-order chi connectivity index (χ1) is 9.20. The second kappa shape index (κ2) is 6.39. The molecule has 0 atom stereocenters. The average Bonchev–Trinajstić information content (AvgIpc) is 3.03. The molecule has 0 bridgehead atoms. The highest BCUT2D eigenvalue weighted by Crippen LogP contribution is 2.28. The van der Waals surface area contributed by atoms with E-state index < -0.39 is 4.92 Å². The SMILES string of the molecule is CCNCCCc1nnc(-c2ccc([N+](=O)[O-])o2)s1. The molecule has 0 saturated heterocycles. The van der Waals surface area contributed by atoms with E-state index in [0.29, 0.717) is 10.8 Å². The van der Waals surface area contributed by atoms with Crippen LogP contribution in [0.15, 0.2) is 16.5 Å². The largest absolute Gasteiger partial charge is 0.433 e. The third kappa shape index (κ3) is 3.58. The van der Waals surface area contributed by atoms with Crippen molar-refractivity contribution >= 4 is 17.2 Å². The number of aromatic nitrogens is 2. The summed E-state index contributed by atoms with van der Waals surface area (Å²) in [5.74, 6) is 0.112. The van der Waals surface area contributed by atoms with Crippen LogP contribution in [-0.2, 0) is 6.42 Å². The molecule has 0 spiro atoms. The molecule has 7 nitrogen and oxygen atoms in total. The molecule has 19 heavy (non-hydrogen) atoms. The smallest absolute Gasteiger partial charge is 0.398 e. The Balaban J connectivity index is 1.97. The van der Waals surface area contributed by atoms with Crippen molar-refractivity contribution in [1.29, 1.82) is 0 Å². The number of hydrogen-bond acceptors (Lipinski definition) is 7. The first kappa shape index (κ1) is 13.6. The summed E-state index contributed by atoms with van der Waals surface area (Å²) in [4.78, 5) is 9.96. The number of nitrogens with one attached hydrogen (secondary N) is 1. The van der Waals surface area contributed by atoms with Crippen molar-refractivity contribution in [3.05, 3.63) is 27.3 Å². The van der Waals surface area contributed by atoms with Gasteiger partial charge in [0.15, 0.2) is 10.8 Å². The van der Waals surface area contributed by atoms with Crippen molar-refractivity contribution in [3.63, 3.8) is 0 Å². The second-order valence-corrected chi connectivity index (χ2v) is 4.92. The minimum absolute atomic E-state index is 0.279. The van der Waals surface area contributed by atoms with Crippen molar-refractivity contribution in [2.45, 2.75) is 19.8 Å². The minimum atomic E-state index is -0.568. The zero-order valence-electron chi connectivity index (χ0n) is 10.5. The number of nitrogens with zero attached hydrogens (tertiary/aromatic N) is 3. The lowest BCUT2D eigenvalue weighted by molar-refractivity contribution is -0.401. The van der Waals surface area contributed by atoms with Gasteiger partial charge in [0, 0.05) is 6.42 Å². The summed E-state index contributed by atoms with van der Waals surface area (Å²) in [5.41, 5.74) is 0. The molecule has 0 fully saturated rings. The van der Waals surface area contributed by atoms with Crippen LogP contribution in [0.25, 0.3) is 10.8 Å². The summed E-state index contributed by atoms with van der Waals surface area (Å²) in [6, 6.07) is 2.86. The zero-order chi connectivity index (χ0) is 13.7. The van der Waals surface area contributed by atoms with Gasteiger partial charge in [0.2, 0.25) is 0 Å². The van der Waals surface area contributed by atoms with Gasteiger partial charge in [-0.15, -0.1) is 10.2 Å². The highest BCUT2D eigenvalue weighted by Gasteiger charge is 2.16. The third-order valence-corrected chi connectivity index (χ3v) is 3.44. The zero-order valence-corrected chi connectivity index (χ0v) is 11.3. The molecule has 0 aliphatic heterocycles. The van der Waals surface area contributed by atoms with Crippen LogP contribution in [0.1, 0.15) is 18.4 Å². The molecule has 8 heteroatoms. The topological polar surface area (TPSA) is 94.1 Å². The van der Waals surface area contributed by atoms with Gasteiger partial charge in [-0.3, -0.25) is 10.1 Å². The van der Waals surface area contributed by atoms with Crippen LogP contribution in [0.3, 0.4) is 0 Å². The van der Waals surface area contributed by atoms with Crippen LogP contribution >= 0.6 is 11.3 Å². The molecule has 0 unspecified atom stereocenters. The monoisotopic (exact) mass is 282 g/mol. The van der Waals surface area contributed by atoms with Crippen molar-refractivity contribution in [2.75, 3.05) is 13.1 Å². The molecule has 0 aliphatic carbocycles. The molecule has 0 aliphatic rings. The molecule has 0 radical (unpaired) electrons. The van der Waals surface area contributed by atoms with E-state index in [1.807, 2.05) is 0 Å². The molecule has 1 N–H and O–H groups in total. The van der Waals surface area contributed by atoms with E-state index in [4.69, 9.17) is 4.42 Å². The lowest BCUT2D eigenvalue weighted by Crippen LogP contribution is -2.14. The fourth-order valence-corrected chi connectivity index (χ4v) is 2.38. The molecular formula is C11H14N4O3S. The molecule has 102 valence electrons. The number of rotatable bonds is 7. The fraction of sp³-hybridized carbons (Fsp3) is 0.455. The van der Waals surface area contributed by atoms with Gasteiger partial charge in [-0.2, -0.15) is 0 Å². The maximum atomic E-state index is 10.5. The van der Waals surface area contributed by atoms with Gasteiger partial charge in [-0.05, 0) is 25.6 Å². The average molecular weight is 282 g/mol. The van der Waals surface area contributed by atoms with E-state index in [-0.39, 0.29) is 5.88 Å². The predicted molar refractivity (Wildman–Crippen MR) is 71.1 cm³/mol. The third-order valence-electron chi connectivity index (χ3n) is 2.44. The normalized spacial score (nSPS) is 10.8. The molecule has 2 aromatic rings. The Morgan fingerprint density at radius 2 is 2.32 bits per heavy atom. The summed E-state index contributed by atoms with van der Waals surface area (Å²) < 4.78 is 5.08. The molecule has 2 rings (SSSR count). The van der Waals surface area contributed by atoms with Gasteiger partial charge in [0.05, 0.1) is 6.07 Å². The summed E-state index contributed by atoms with van der Waals surface area (Å²) in [6.07, 6.45) is 1.83. The van der Waals surface area contributed by atoms with Crippen LogP contribution in [0.2, 0.25) is 0 Å². The standard InChI is InChI=1S/C11H14N4O3S/c1-2-12-7-3-4-9-13-14-11(19-9)8-5-6-10(18-8)15(16)17/h5-6,12H,2-4,7H2,1H3. The Bertz CT molecular complexity index is 552. The van der Waals surface area contributed by atoms with Crippen molar-refractivity contribution in [3.8, 4) is 10.8 Å². The van der Waals surface area contributed by atoms with Gasteiger partial charge < -0.3 is 9.73 Å². The molecule has 0 amide bonds. The number of furan rings is 1. The molecule has 2 aromatic heterocycles. The molecule has 0 aromatic carbocycles. The minimum Gasteiger partial charge on any atom is -0.398 e. The van der Waals surface area contributed by atoms with E-state index in [9.17, 15) is 10.1 Å². The van der Waals surface area contributed by atoms with Crippen LogP contribution in [0.5, 0.6) is 0 Å². The Hall–Kier alpha value is -1.80. The predicted octanol–water partition coefficient (Wildman–Crippen LogP) is 2.25. The second-order valence-electron chi connectivity index (χ2n) is 3.85. The molecular weight excluding hydrogens is 268 g/mol. The Kier molecular flexibility index (Phi) is 4.58. The van der Waals surface area contributed by atoms with E-state index >= 15 is 0 Å². The van der Waals surface area contributed by atoms with Crippen LogP contribution in [0, 0.1) is 10.1 Å². The molecule has 2 heterocycles. The van der Waals surface area contributed by atoms with Gasteiger partial charge in [0.25, 0.3) is 0 Å². The van der Waals surface area contributed by atoms with Gasteiger partial charge in [-0.25, -0.2) is 0 Å². The first-order valence-corrected chi connectivity index (χ1v) is 6.80. The highest BCUT2D eigenvalue weighted by atomic mass is 32.1. The van der Waals surface area contributed by atoms with Crippen LogP contribution < -0.4 is 5.32 Å². The van der Waals surface area contributed by atoms with Crippen LogP contribution in [-0.4, -0.2) is 28.2 Å². The van der Waals surface area contributed by atoms with Gasteiger partial charge >= 0.3 is 5.88 Å². The summed E-state index contributed by atoms with van der Waals surface area (Å²) in [7, 11) is 0. The lowest BCUT2D eigenvalue weighted by Gasteiger charge is -1.97. The Morgan fingerprint density at radius 1 is 1.47 bits per heavy atom. The summed E-state index contributed by atoms with van der Waals surface area (Å²) >= 11 is 1.40. The van der Waals surface area contributed by atoms with Crippen molar-refractivity contribution in [1.82, 2.24) is 15.5 Å². The Morgan fingerprint density at radius 3 is 3.00 bits per heavy atom. The maximum absolute atomic E-state index is 10.5. The first-order valence-electron chi connectivity index (χ1n) is 5.98. The van der Waals surface area contributed by atoms with Crippen molar-refractivity contribution < 1.29 is 9.34 Å². The highest BCUT2D eigenvalue weighted by molar-refractivity contribution is 7.14. The summed E-state index contributed by atoms with van der Waals surface area (Å²) in [6.45, 7) is 3.96. The molecule has 0 saturated carbocycles. The van der Waals surface area contributed by atoms with E-state index in [1.54, 1.807) is 6.07 Å². The van der Waals surface area contributed by atoms with E-state index in [1.165, 1.54) is 17.4 Å². The van der Waals surface area contributed by atoms with Crippen molar-refractivity contribution in [2.24, 2.45) is 0 Å². The fourth-order valence-electron chi connectivity index (χ4n) is 1.54. The quantitative estimate of drug-likeness (QED) is 0.475. The van der Waals surface area contributed by atoms with Gasteiger partial charge in [-0.1, -0.05) is 18.3 Å². The Labute approximate surface area is 113 Å². The number of aryl methyl sites for hydroxylation is 1. The lowest BCUT2D eigenvalue weighted by atomic mass is 10.3.